The number of rotatable bonds is 6. The lowest BCUT2D eigenvalue weighted by Crippen LogP contribution is -2.53. The molecule has 1 aromatic carbocycles. The number of ether oxygens (including phenoxy) is 1. The minimum atomic E-state index is -0.833. The third-order valence-corrected chi connectivity index (χ3v) is 4.80. The summed E-state index contributed by atoms with van der Waals surface area (Å²) in [5.74, 6) is -0.805. The number of anilines is 1. The molecule has 30 heavy (non-hydrogen) atoms. The van der Waals surface area contributed by atoms with E-state index in [0.29, 0.717) is 23.7 Å². The van der Waals surface area contributed by atoms with E-state index < -0.39 is 18.1 Å². The molecule has 3 rings (SSSR count). The molecule has 1 fully saturated rings. The van der Waals surface area contributed by atoms with E-state index in [1.54, 1.807) is 25.1 Å². The van der Waals surface area contributed by atoms with E-state index in [-0.39, 0.29) is 18.5 Å². The third kappa shape index (κ3) is 4.95. The fraction of sp³-hybridized carbons (Fsp3) is 0.400. The largest absolute Gasteiger partial charge is 0.496 e. The second kappa shape index (κ2) is 9.40. The summed E-state index contributed by atoms with van der Waals surface area (Å²) in [5.41, 5.74) is 1.39. The van der Waals surface area contributed by atoms with E-state index >= 15 is 0 Å². The molecule has 2 heterocycles. The lowest BCUT2D eigenvalue weighted by Gasteiger charge is -2.31. The van der Waals surface area contributed by atoms with Gasteiger partial charge in [0.2, 0.25) is 5.91 Å². The molecule has 1 aromatic heterocycles. The molecule has 1 saturated heterocycles. The molecule has 1 aliphatic rings. The predicted octanol–water partition coefficient (Wildman–Crippen LogP) is 0.799. The topological polar surface area (TPSA) is 126 Å². The maximum Gasteiger partial charge on any atom is 0.314 e. The van der Waals surface area contributed by atoms with Gasteiger partial charge in [-0.3, -0.25) is 19.7 Å². The molecule has 0 aliphatic carbocycles. The third-order valence-electron chi connectivity index (χ3n) is 4.80. The van der Waals surface area contributed by atoms with Gasteiger partial charge in [0.1, 0.15) is 11.6 Å². The molecule has 0 bridgehead atoms. The first kappa shape index (κ1) is 21.3. The first-order chi connectivity index (χ1) is 14.4. The quantitative estimate of drug-likeness (QED) is 0.518. The van der Waals surface area contributed by atoms with Crippen LogP contribution in [0, 0.1) is 6.92 Å². The molecule has 10 heteroatoms. The van der Waals surface area contributed by atoms with Crippen LogP contribution in [0.25, 0.3) is 0 Å². The Bertz CT molecular complexity index is 941. The van der Waals surface area contributed by atoms with Crippen molar-refractivity contribution < 1.29 is 19.1 Å². The van der Waals surface area contributed by atoms with Crippen LogP contribution in [0.3, 0.4) is 0 Å². The molecule has 2 atom stereocenters. The molecular formula is C20H26N6O4. The first-order valence-corrected chi connectivity index (χ1v) is 9.74. The SMILES string of the molecule is CCC1CC(=O)NC(n2nc(C)cc2NC(=O)C(=O)NCc2ccccc2OC)N1. The molecule has 0 radical (unpaired) electrons. The van der Waals surface area contributed by atoms with Crippen LogP contribution < -0.4 is 26.0 Å². The monoisotopic (exact) mass is 414 g/mol. The number of amides is 3. The molecule has 4 N–H and O–H groups in total. The smallest absolute Gasteiger partial charge is 0.314 e. The average Bonchev–Trinajstić information content (AvgIpc) is 3.11. The Morgan fingerprint density at radius 2 is 2.07 bits per heavy atom. The number of benzene rings is 1. The van der Waals surface area contributed by atoms with Gasteiger partial charge in [-0.05, 0) is 19.4 Å². The van der Waals surface area contributed by atoms with Crippen molar-refractivity contribution in [3.63, 3.8) is 0 Å². The summed E-state index contributed by atoms with van der Waals surface area (Å²) in [4.78, 5) is 36.7. The van der Waals surface area contributed by atoms with E-state index in [1.807, 2.05) is 19.1 Å². The second-order valence-electron chi connectivity index (χ2n) is 7.01. The summed E-state index contributed by atoms with van der Waals surface area (Å²) in [6.07, 6.45) is 0.536. The number of methoxy groups -OCH3 is 1. The molecule has 2 aromatic rings. The number of nitrogens with zero attached hydrogens (tertiary/aromatic N) is 2. The lowest BCUT2D eigenvalue weighted by atomic mass is 10.1. The molecule has 2 unspecified atom stereocenters. The molecule has 160 valence electrons. The standard InChI is InChI=1S/C20H26N6O4/c1-4-14-10-17(27)24-20(22-14)26-16(9-12(2)25-26)23-19(29)18(28)21-11-13-7-5-6-8-15(13)30-3/h5-9,14,20,22H,4,10-11H2,1-3H3,(H,21,28)(H,23,29)(H,24,27). The zero-order valence-electron chi connectivity index (χ0n) is 17.2. The van der Waals surface area contributed by atoms with Crippen LogP contribution in [-0.2, 0) is 20.9 Å². The Kier molecular flexibility index (Phi) is 6.68. The van der Waals surface area contributed by atoms with Crippen molar-refractivity contribution in [3.8, 4) is 5.75 Å². The van der Waals surface area contributed by atoms with Crippen LogP contribution in [0.15, 0.2) is 30.3 Å². The van der Waals surface area contributed by atoms with Crippen molar-refractivity contribution >= 4 is 23.5 Å². The van der Waals surface area contributed by atoms with Crippen molar-refractivity contribution in [2.24, 2.45) is 0 Å². The number of carbonyl (C=O) groups is 3. The van der Waals surface area contributed by atoms with E-state index in [9.17, 15) is 14.4 Å². The Hall–Kier alpha value is -3.40. The first-order valence-electron chi connectivity index (χ1n) is 9.74. The zero-order valence-corrected chi connectivity index (χ0v) is 17.2. The van der Waals surface area contributed by atoms with Crippen LogP contribution in [-0.4, -0.2) is 40.7 Å². The van der Waals surface area contributed by atoms with Gasteiger partial charge in [0, 0.05) is 30.6 Å². The van der Waals surface area contributed by atoms with Gasteiger partial charge in [-0.2, -0.15) is 5.10 Å². The van der Waals surface area contributed by atoms with E-state index in [1.165, 1.54) is 11.8 Å². The van der Waals surface area contributed by atoms with Gasteiger partial charge in [0.15, 0.2) is 6.29 Å². The van der Waals surface area contributed by atoms with Crippen LogP contribution in [0.5, 0.6) is 5.75 Å². The Morgan fingerprint density at radius 1 is 1.30 bits per heavy atom. The van der Waals surface area contributed by atoms with E-state index in [0.717, 1.165) is 12.0 Å². The summed E-state index contributed by atoms with van der Waals surface area (Å²) in [6.45, 7) is 3.89. The molecular weight excluding hydrogens is 388 g/mol. The number of hydrogen-bond donors (Lipinski definition) is 4. The minimum Gasteiger partial charge on any atom is -0.496 e. The van der Waals surface area contributed by atoms with Crippen molar-refractivity contribution in [2.45, 2.75) is 45.6 Å². The van der Waals surface area contributed by atoms with E-state index in [4.69, 9.17) is 4.74 Å². The minimum absolute atomic E-state index is 0.000888. The zero-order chi connectivity index (χ0) is 21.7. The highest BCUT2D eigenvalue weighted by atomic mass is 16.5. The number of para-hydroxylation sites is 1. The molecule has 10 nitrogen and oxygen atoms in total. The highest BCUT2D eigenvalue weighted by molar-refractivity contribution is 6.39. The highest BCUT2D eigenvalue weighted by Gasteiger charge is 2.28. The van der Waals surface area contributed by atoms with Gasteiger partial charge in [0.25, 0.3) is 0 Å². The Morgan fingerprint density at radius 3 is 2.80 bits per heavy atom. The Labute approximate surface area is 174 Å². The summed E-state index contributed by atoms with van der Waals surface area (Å²) in [5, 5.41) is 15.6. The normalized spacial score (nSPS) is 18.4. The molecule has 0 saturated carbocycles. The van der Waals surface area contributed by atoms with Crippen molar-refractivity contribution in [1.29, 1.82) is 0 Å². The van der Waals surface area contributed by atoms with Gasteiger partial charge in [-0.25, -0.2) is 4.68 Å². The number of carbonyl (C=O) groups excluding carboxylic acids is 3. The van der Waals surface area contributed by atoms with Gasteiger partial charge in [0.05, 0.1) is 12.8 Å². The fourth-order valence-electron chi connectivity index (χ4n) is 3.24. The average molecular weight is 414 g/mol. The van der Waals surface area contributed by atoms with Gasteiger partial charge >= 0.3 is 11.8 Å². The van der Waals surface area contributed by atoms with Crippen LogP contribution in [0.2, 0.25) is 0 Å². The predicted molar refractivity (Wildman–Crippen MR) is 109 cm³/mol. The van der Waals surface area contributed by atoms with Gasteiger partial charge in [-0.15, -0.1) is 0 Å². The molecule has 1 aliphatic heterocycles. The van der Waals surface area contributed by atoms with Crippen molar-refractivity contribution in [2.75, 3.05) is 12.4 Å². The summed E-state index contributed by atoms with van der Waals surface area (Å²) >= 11 is 0. The van der Waals surface area contributed by atoms with Crippen molar-refractivity contribution in [1.82, 2.24) is 25.7 Å². The maximum absolute atomic E-state index is 12.4. The van der Waals surface area contributed by atoms with Crippen LogP contribution in [0.1, 0.15) is 37.3 Å². The second-order valence-corrected chi connectivity index (χ2v) is 7.01. The number of nitrogens with one attached hydrogen (secondary N) is 4. The summed E-state index contributed by atoms with van der Waals surface area (Å²) in [6, 6.07) is 8.85. The number of aromatic nitrogens is 2. The number of aryl methyl sites for hydroxylation is 1. The maximum atomic E-state index is 12.4. The number of hydrogen-bond acceptors (Lipinski definition) is 6. The van der Waals surface area contributed by atoms with Crippen LogP contribution in [0.4, 0.5) is 5.82 Å². The summed E-state index contributed by atoms with van der Waals surface area (Å²) in [7, 11) is 1.54. The van der Waals surface area contributed by atoms with Crippen molar-refractivity contribution in [3.05, 3.63) is 41.6 Å². The van der Waals surface area contributed by atoms with Gasteiger partial charge < -0.3 is 20.7 Å². The molecule has 3 amide bonds. The van der Waals surface area contributed by atoms with Gasteiger partial charge in [-0.1, -0.05) is 25.1 Å². The van der Waals surface area contributed by atoms with E-state index in [2.05, 4.69) is 26.4 Å². The fourth-order valence-corrected chi connectivity index (χ4v) is 3.24. The lowest BCUT2D eigenvalue weighted by molar-refractivity contribution is -0.136. The van der Waals surface area contributed by atoms with Crippen LogP contribution >= 0.6 is 0 Å². The molecule has 0 spiro atoms. The Balaban J connectivity index is 1.66. The highest BCUT2D eigenvalue weighted by Crippen LogP contribution is 2.19. The summed E-state index contributed by atoms with van der Waals surface area (Å²) < 4.78 is 6.70.